The fourth-order valence-electron chi connectivity index (χ4n) is 3.09. The lowest BCUT2D eigenvalue weighted by molar-refractivity contribution is -0.127. The number of aryl methyl sites for hydroxylation is 1. The summed E-state index contributed by atoms with van der Waals surface area (Å²) in [4.78, 5) is 18.2. The molecule has 1 saturated carbocycles. The Hall–Kier alpha value is -2.28. The van der Waals surface area contributed by atoms with E-state index in [1.54, 1.807) is 19.0 Å². The van der Waals surface area contributed by atoms with Crippen LogP contribution in [0.25, 0.3) is 0 Å². The van der Waals surface area contributed by atoms with Crippen LogP contribution in [0, 0.1) is 12.8 Å². The van der Waals surface area contributed by atoms with Crippen LogP contribution < -0.4 is 15.4 Å². The van der Waals surface area contributed by atoms with Gasteiger partial charge >= 0.3 is 0 Å². The first kappa shape index (κ1) is 21.4. The van der Waals surface area contributed by atoms with Gasteiger partial charge in [0.15, 0.2) is 5.96 Å². The highest BCUT2D eigenvalue weighted by molar-refractivity contribution is 5.86. The van der Waals surface area contributed by atoms with E-state index in [1.807, 2.05) is 0 Å². The molecule has 1 aliphatic carbocycles. The van der Waals surface area contributed by atoms with Crippen molar-refractivity contribution in [3.63, 3.8) is 0 Å². The molecule has 2 aliphatic rings. The predicted octanol–water partition coefficient (Wildman–Crippen LogP) is 2.09. The SMILES string of the molecule is Cc1ccc(CN=C(NCC(=O)N(C)C)NCC2CCCO2)c(OCC2CC2)c1. The molecule has 1 saturated heterocycles. The fraction of sp³-hybridized carbons (Fsp3) is 0.636. The third-order valence-electron chi connectivity index (χ3n) is 5.23. The van der Waals surface area contributed by atoms with E-state index in [0.29, 0.717) is 25.0 Å². The van der Waals surface area contributed by atoms with Gasteiger partial charge in [0.05, 0.1) is 25.8 Å². The molecular formula is C22H34N4O3. The minimum Gasteiger partial charge on any atom is -0.493 e. The number of aliphatic imine (C=N–C) groups is 1. The molecular weight excluding hydrogens is 368 g/mol. The molecule has 3 rings (SSSR count). The molecule has 1 unspecified atom stereocenters. The van der Waals surface area contributed by atoms with Crippen LogP contribution in [0.4, 0.5) is 0 Å². The summed E-state index contributed by atoms with van der Waals surface area (Å²) in [6.07, 6.45) is 4.87. The maximum atomic E-state index is 12.0. The Bertz CT molecular complexity index is 710. The molecule has 1 aromatic rings. The van der Waals surface area contributed by atoms with Crippen LogP contribution in [-0.2, 0) is 16.1 Å². The molecule has 7 nitrogen and oxygen atoms in total. The van der Waals surface area contributed by atoms with Gasteiger partial charge in [0.1, 0.15) is 5.75 Å². The zero-order chi connectivity index (χ0) is 20.6. The van der Waals surface area contributed by atoms with Gasteiger partial charge < -0.3 is 25.0 Å². The van der Waals surface area contributed by atoms with Gasteiger partial charge in [0.2, 0.25) is 5.91 Å². The van der Waals surface area contributed by atoms with Crippen molar-refractivity contribution in [3.05, 3.63) is 29.3 Å². The minimum atomic E-state index is 0.000378. The maximum absolute atomic E-state index is 12.0. The lowest BCUT2D eigenvalue weighted by atomic mass is 10.1. The lowest BCUT2D eigenvalue weighted by Crippen LogP contribution is -2.45. The summed E-state index contributed by atoms with van der Waals surface area (Å²) in [6.45, 7) is 5.03. The topological polar surface area (TPSA) is 75.2 Å². The molecule has 1 heterocycles. The first-order valence-electron chi connectivity index (χ1n) is 10.6. The van der Waals surface area contributed by atoms with Crippen LogP contribution >= 0.6 is 0 Å². The molecule has 160 valence electrons. The van der Waals surface area contributed by atoms with E-state index in [0.717, 1.165) is 37.4 Å². The highest BCUT2D eigenvalue weighted by atomic mass is 16.5. The second-order valence-electron chi connectivity index (χ2n) is 8.19. The Morgan fingerprint density at radius 1 is 1.28 bits per heavy atom. The molecule has 0 aromatic heterocycles. The van der Waals surface area contributed by atoms with Crippen molar-refractivity contribution in [3.8, 4) is 5.75 Å². The molecule has 1 atom stereocenters. The van der Waals surface area contributed by atoms with E-state index in [4.69, 9.17) is 14.5 Å². The molecule has 29 heavy (non-hydrogen) atoms. The van der Waals surface area contributed by atoms with Crippen molar-refractivity contribution in [1.29, 1.82) is 0 Å². The van der Waals surface area contributed by atoms with Crippen LogP contribution in [0.5, 0.6) is 5.75 Å². The normalized spacial score (nSPS) is 19.1. The Balaban J connectivity index is 1.63. The third kappa shape index (κ3) is 7.24. The van der Waals surface area contributed by atoms with Gasteiger partial charge in [-0.3, -0.25) is 4.79 Å². The molecule has 0 radical (unpaired) electrons. The van der Waals surface area contributed by atoms with E-state index >= 15 is 0 Å². The largest absolute Gasteiger partial charge is 0.493 e. The molecule has 1 aliphatic heterocycles. The summed E-state index contributed by atoms with van der Waals surface area (Å²) in [7, 11) is 3.49. The number of amides is 1. The predicted molar refractivity (Wildman–Crippen MR) is 114 cm³/mol. The van der Waals surface area contributed by atoms with E-state index in [9.17, 15) is 4.79 Å². The number of nitrogens with one attached hydrogen (secondary N) is 2. The number of rotatable bonds is 9. The second kappa shape index (κ2) is 10.5. The summed E-state index contributed by atoms with van der Waals surface area (Å²) in [5.74, 6) is 2.22. The van der Waals surface area contributed by atoms with E-state index in [2.05, 4.69) is 35.8 Å². The molecule has 7 heteroatoms. The first-order chi connectivity index (χ1) is 14.0. The highest BCUT2D eigenvalue weighted by Crippen LogP contribution is 2.31. The number of hydrogen-bond acceptors (Lipinski definition) is 4. The molecule has 2 fully saturated rings. The Labute approximate surface area is 173 Å². The van der Waals surface area contributed by atoms with Crippen molar-refractivity contribution in [2.24, 2.45) is 10.9 Å². The molecule has 2 N–H and O–H groups in total. The number of hydrogen-bond donors (Lipinski definition) is 2. The van der Waals surface area contributed by atoms with Crippen molar-refractivity contribution in [2.45, 2.75) is 45.3 Å². The van der Waals surface area contributed by atoms with Gasteiger partial charge in [-0.05, 0) is 50.2 Å². The average molecular weight is 403 g/mol. The van der Waals surface area contributed by atoms with Gasteiger partial charge in [-0.15, -0.1) is 0 Å². The Morgan fingerprint density at radius 2 is 2.10 bits per heavy atom. The van der Waals surface area contributed by atoms with Crippen LogP contribution in [0.1, 0.15) is 36.8 Å². The van der Waals surface area contributed by atoms with Crippen molar-refractivity contribution < 1.29 is 14.3 Å². The molecule has 1 amide bonds. The zero-order valence-corrected chi connectivity index (χ0v) is 17.9. The quantitative estimate of drug-likeness (QED) is 0.489. The minimum absolute atomic E-state index is 0.000378. The highest BCUT2D eigenvalue weighted by Gasteiger charge is 2.22. The van der Waals surface area contributed by atoms with Crippen molar-refractivity contribution in [1.82, 2.24) is 15.5 Å². The maximum Gasteiger partial charge on any atom is 0.241 e. The van der Waals surface area contributed by atoms with Crippen molar-refractivity contribution >= 4 is 11.9 Å². The van der Waals surface area contributed by atoms with Crippen LogP contribution in [0.15, 0.2) is 23.2 Å². The number of nitrogens with zero attached hydrogens (tertiary/aromatic N) is 2. The van der Waals surface area contributed by atoms with Crippen LogP contribution in [0.2, 0.25) is 0 Å². The summed E-state index contributed by atoms with van der Waals surface area (Å²) in [5.41, 5.74) is 2.23. The average Bonchev–Trinajstić information content (AvgIpc) is 3.39. The van der Waals surface area contributed by atoms with Gasteiger partial charge in [0.25, 0.3) is 0 Å². The van der Waals surface area contributed by atoms with E-state index in [-0.39, 0.29) is 18.6 Å². The van der Waals surface area contributed by atoms with E-state index < -0.39 is 0 Å². The van der Waals surface area contributed by atoms with Gasteiger partial charge in [-0.2, -0.15) is 0 Å². The number of likely N-dealkylation sites (N-methyl/N-ethyl adjacent to an activating group) is 1. The summed E-state index contributed by atoms with van der Waals surface area (Å²) in [6, 6.07) is 6.23. The number of benzene rings is 1. The lowest BCUT2D eigenvalue weighted by Gasteiger charge is -2.17. The van der Waals surface area contributed by atoms with Gasteiger partial charge in [-0.1, -0.05) is 12.1 Å². The third-order valence-corrected chi connectivity index (χ3v) is 5.23. The number of guanidine groups is 1. The fourth-order valence-corrected chi connectivity index (χ4v) is 3.09. The summed E-state index contributed by atoms with van der Waals surface area (Å²) in [5, 5.41) is 6.46. The molecule has 1 aromatic carbocycles. The number of carbonyl (C=O) groups is 1. The molecule has 0 spiro atoms. The second-order valence-corrected chi connectivity index (χ2v) is 8.19. The number of ether oxygens (including phenoxy) is 2. The molecule has 0 bridgehead atoms. The van der Waals surface area contributed by atoms with Gasteiger partial charge in [0, 0.05) is 32.8 Å². The summed E-state index contributed by atoms with van der Waals surface area (Å²) < 4.78 is 11.7. The van der Waals surface area contributed by atoms with E-state index in [1.165, 1.54) is 18.4 Å². The van der Waals surface area contributed by atoms with Crippen LogP contribution in [0.3, 0.4) is 0 Å². The van der Waals surface area contributed by atoms with Crippen molar-refractivity contribution in [2.75, 3.05) is 40.4 Å². The smallest absolute Gasteiger partial charge is 0.241 e. The standard InChI is InChI=1S/C22H34N4O3/c1-16-6-9-18(20(11-16)29-15-17-7-8-17)12-23-22(25-14-21(27)26(2)3)24-13-19-5-4-10-28-19/h6,9,11,17,19H,4-5,7-8,10,12-15H2,1-3H3,(H2,23,24,25). The Kier molecular flexibility index (Phi) is 7.75. The monoisotopic (exact) mass is 402 g/mol. The van der Waals surface area contributed by atoms with Gasteiger partial charge in [-0.25, -0.2) is 4.99 Å². The summed E-state index contributed by atoms with van der Waals surface area (Å²) >= 11 is 0. The number of carbonyl (C=O) groups excluding carboxylic acids is 1. The Morgan fingerprint density at radius 3 is 2.79 bits per heavy atom. The zero-order valence-electron chi connectivity index (χ0n) is 17.9. The first-order valence-corrected chi connectivity index (χ1v) is 10.6. The van der Waals surface area contributed by atoms with Crippen LogP contribution in [-0.4, -0.2) is 63.3 Å².